The molecule has 22 heavy (non-hydrogen) atoms. The van der Waals surface area contributed by atoms with Gasteiger partial charge in [-0.25, -0.2) is 0 Å². The summed E-state index contributed by atoms with van der Waals surface area (Å²) in [7, 11) is 0. The van der Waals surface area contributed by atoms with Crippen LogP contribution in [0.5, 0.6) is 0 Å². The van der Waals surface area contributed by atoms with Gasteiger partial charge in [-0.1, -0.05) is 69.6 Å². The highest BCUT2D eigenvalue weighted by Gasteiger charge is 2.10. The van der Waals surface area contributed by atoms with Crippen LogP contribution in [0.1, 0.15) is 76.3 Å². The van der Waals surface area contributed by atoms with Gasteiger partial charge in [0.1, 0.15) is 0 Å². The summed E-state index contributed by atoms with van der Waals surface area (Å²) in [6.07, 6.45) is 13.9. The van der Waals surface area contributed by atoms with Crippen molar-refractivity contribution >= 4 is 0 Å². The molecule has 2 rings (SSSR count). The van der Waals surface area contributed by atoms with Crippen LogP contribution in [0.4, 0.5) is 0 Å². The average molecular weight is 294 g/mol. The van der Waals surface area contributed by atoms with Gasteiger partial charge < -0.3 is 0 Å². The summed E-state index contributed by atoms with van der Waals surface area (Å²) in [5, 5.41) is 0. The van der Waals surface area contributed by atoms with Gasteiger partial charge in [-0.2, -0.15) is 0 Å². The van der Waals surface area contributed by atoms with Gasteiger partial charge in [0.25, 0.3) is 0 Å². The van der Waals surface area contributed by atoms with Crippen molar-refractivity contribution < 1.29 is 0 Å². The van der Waals surface area contributed by atoms with Gasteiger partial charge in [-0.05, 0) is 61.3 Å². The second-order valence-corrected chi connectivity index (χ2v) is 6.54. The van der Waals surface area contributed by atoms with E-state index in [1.54, 1.807) is 0 Å². The molecule has 0 N–H and O–H groups in total. The Morgan fingerprint density at radius 3 is 2.45 bits per heavy atom. The van der Waals surface area contributed by atoms with Crippen molar-refractivity contribution in [3.8, 4) is 11.8 Å². The van der Waals surface area contributed by atoms with E-state index in [-0.39, 0.29) is 0 Å². The van der Waals surface area contributed by atoms with Crippen LogP contribution in [0.15, 0.2) is 35.9 Å². The molecule has 0 heteroatoms. The first-order valence-electron chi connectivity index (χ1n) is 9.11. The minimum atomic E-state index is 0.887. The maximum Gasteiger partial charge on any atom is 0.0249 e. The Kier molecular flexibility index (Phi) is 7.31. The van der Waals surface area contributed by atoms with Crippen molar-refractivity contribution in [3.05, 3.63) is 47.0 Å². The molecule has 0 bridgehead atoms. The third-order valence-electron chi connectivity index (χ3n) is 4.74. The lowest BCUT2D eigenvalue weighted by Gasteiger charge is -2.17. The van der Waals surface area contributed by atoms with Crippen molar-refractivity contribution in [2.75, 3.05) is 0 Å². The molecule has 0 nitrogen and oxygen atoms in total. The summed E-state index contributed by atoms with van der Waals surface area (Å²) < 4.78 is 0. The molecule has 1 atom stereocenters. The molecule has 0 heterocycles. The standard InChI is InChI=1S/C22H30/c1-3-5-6-7-8-20-13-15-22(16-14-20)18-17-21-11-9-19(4-2)10-12-21/h11,13-16,19H,3-10,12H2,1-2H3. The van der Waals surface area contributed by atoms with E-state index in [1.165, 1.54) is 68.9 Å². The molecular formula is C22H30. The molecule has 1 unspecified atom stereocenters. The van der Waals surface area contributed by atoms with Gasteiger partial charge >= 0.3 is 0 Å². The van der Waals surface area contributed by atoms with Gasteiger partial charge in [0.15, 0.2) is 0 Å². The fraction of sp³-hybridized carbons (Fsp3) is 0.545. The number of aryl methyl sites for hydroxylation is 1. The zero-order valence-electron chi connectivity index (χ0n) is 14.3. The first-order chi connectivity index (χ1) is 10.8. The number of hydrogen-bond acceptors (Lipinski definition) is 0. The lowest BCUT2D eigenvalue weighted by molar-refractivity contribution is 0.460. The maximum atomic E-state index is 3.37. The summed E-state index contributed by atoms with van der Waals surface area (Å²) in [5.74, 6) is 7.59. The van der Waals surface area contributed by atoms with E-state index in [4.69, 9.17) is 0 Å². The zero-order chi connectivity index (χ0) is 15.6. The Hall–Kier alpha value is -1.48. The first-order valence-corrected chi connectivity index (χ1v) is 9.11. The highest BCUT2D eigenvalue weighted by Crippen LogP contribution is 2.25. The number of hydrogen-bond donors (Lipinski definition) is 0. The summed E-state index contributed by atoms with van der Waals surface area (Å²) in [5.41, 5.74) is 3.94. The molecule has 0 amide bonds. The van der Waals surface area contributed by atoms with E-state index in [0.717, 1.165) is 11.5 Å². The zero-order valence-corrected chi connectivity index (χ0v) is 14.3. The summed E-state index contributed by atoms with van der Waals surface area (Å²) in [6.45, 7) is 4.55. The topological polar surface area (TPSA) is 0 Å². The van der Waals surface area contributed by atoms with Crippen molar-refractivity contribution in [1.82, 2.24) is 0 Å². The van der Waals surface area contributed by atoms with Gasteiger partial charge in [0.2, 0.25) is 0 Å². The molecule has 0 radical (unpaired) electrons. The maximum absolute atomic E-state index is 3.37. The van der Waals surface area contributed by atoms with Crippen LogP contribution in [0.2, 0.25) is 0 Å². The smallest absolute Gasteiger partial charge is 0.0249 e. The van der Waals surface area contributed by atoms with Gasteiger partial charge in [0.05, 0.1) is 0 Å². The van der Waals surface area contributed by atoms with E-state index < -0.39 is 0 Å². The molecule has 1 aliphatic rings. The second kappa shape index (κ2) is 9.52. The van der Waals surface area contributed by atoms with E-state index in [1.807, 2.05) is 0 Å². The van der Waals surface area contributed by atoms with Crippen LogP contribution in [0.3, 0.4) is 0 Å². The molecule has 1 aliphatic carbocycles. The molecule has 0 aliphatic heterocycles. The van der Waals surface area contributed by atoms with Crippen LogP contribution >= 0.6 is 0 Å². The van der Waals surface area contributed by atoms with Crippen molar-refractivity contribution in [2.45, 2.75) is 71.6 Å². The van der Waals surface area contributed by atoms with E-state index >= 15 is 0 Å². The highest BCUT2D eigenvalue weighted by atomic mass is 14.2. The molecule has 1 aromatic carbocycles. The summed E-state index contributed by atoms with van der Waals surface area (Å²) >= 11 is 0. The van der Waals surface area contributed by atoms with E-state index in [9.17, 15) is 0 Å². The number of rotatable bonds is 6. The van der Waals surface area contributed by atoms with Crippen LogP contribution in [-0.4, -0.2) is 0 Å². The van der Waals surface area contributed by atoms with Crippen LogP contribution < -0.4 is 0 Å². The molecule has 0 aromatic heterocycles. The molecule has 1 aromatic rings. The monoisotopic (exact) mass is 294 g/mol. The lowest BCUT2D eigenvalue weighted by Crippen LogP contribution is -2.03. The van der Waals surface area contributed by atoms with Crippen molar-refractivity contribution in [3.63, 3.8) is 0 Å². The number of benzene rings is 1. The Morgan fingerprint density at radius 1 is 1.00 bits per heavy atom. The average Bonchev–Trinajstić information content (AvgIpc) is 2.58. The highest BCUT2D eigenvalue weighted by molar-refractivity contribution is 5.42. The fourth-order valence-corrected chi connectivity index (χ4v) is 3.04. The summed E-state index contributed by atoms with van der Waals surface area (Å²) in [4.78, 5) is 0. The molecule has 0 saturated heterocycles. The second-order valence-electron chi connectivity index (χ2n) is 6.54. The third kappa shape index (κ3) is 5.72. The normalized spacial score (nSPS) is 17.5. The first kappa shape index (κ1) is 16.9. The third-order valence-corrected chi connectivity index (χ3v) is 4.74. The minimum Gasteiger partial charge on any atom is -0.0726 e. The van der Waals surface area contributed by atoms with Gasteiger partial charge in [-0.3, -0.25) is 0 Å². The Balaban J connectivity index is 1.84. The van der Waals surface area contributed by atoms with E-state index in [2.05, 4.69) is 56.0 Å². The Morgan fingerprint density at radius 2 is 1.82 bits per heavy atom. The van der Waals surface area contributed by atoms with E-state index in [0.29, 0.717) is 0 Å². The van der Waals surface area contributed by atoms with Crippen LogP contribution in [0.25, 0.3) is 0 Å². The predicted molar refractivity (Wildman–Crippen MR) is 96.9 cm³/mol. The van der Waals surface area contributed by atoms with Crippen molar-refractivity contribution in [1.29, 1.82) is 0 Å². The molecule has 0 saturated carbocycles. The summed E-state index contributed by atoms with van der Waals surface area (Å²) in [6, 6.07) is 8.86. The van der Waals surface area contributed by atoms with Crippen LogP contribution in [-0.2, 0) is 6.42 Å². The predicted octanol–water partition coefficient (Wildman–Crippen LogP) is 6.30. The SMILES string of the molecule is CCCCCCc1ccc(C#CC2=CCC(CC)CC2)cc1. The molecule has 0 fully saturated rings. The van der Waals surface area contributed by atoms with Gasteiger partial charge in [0, 0.05) is 5.56 Å². The largest absolute Gasteiger partial charge is 0.0726 e. The Labute approximate surface area is 137 Å². The molecule has 118 valence electrons. The number of allylic oxidation sites excluding steroid dienone is 2. The molecule has 0 spiro atoms. The van der Waals surface area contributed by atoms with Crippen LogP contribution in [0, 0.1) is 17.8 Å². The number of unbranched alkanes of at least 4 members (excludes halogenated alkanes) is 3. The fourth-order valence-electron chi connectivity index (χ4n) is 3.04. The van der Waals surface area contributed by atoms with Gasteiger partial charge in [-0.15, -0.1) is 0 Å². The molecular weight excluding hydrogens is 264 g/mol. The Bertz CT molecular complexity index is 521. The lowest BCUT2D eigenvalue weighted by atomic mass is 9.88. The minimum absolute atomic E-state index is 0.887. The van der Waals surface area contributed by atoms with Crippen molar-refractivity contribution in [2.24, 2.45) is 5.92 Å². The quantitative estimate of drug-likeness (QED) is 0.427.